The number of alkyl halides is 21. The zero-order chi connectivity index (χ0) is 94.9. The molecule has 7 aromatic rings. The molecule has 4 heterocycles. The highest BCUT2D eigenvalue weighted by atomic mass is 19.4. The van der Waals surface area contributed by atoms with Crippen molar-refractivity contribution in [1.29, 1.82) is 0 Å². The van der Waals surface area contributed by atoms with E-state index in [1.54, 1.807) is 55.4 Å². The summed E-state index contributed by atoms with van der Waals surface area (Å²) < 4.78 is 288. The molecule has 0 aliphatic carbocycles. The first-order chi connectivity index (χ1) is 58.1. The summed E-state index contributed by atoms with van der Waals surface area (Å²) in [6.07, 6.45) is -22.2. The largest absolute Gasteiger partial charge is 0.573 e. The van der Waals surface area contributed by atoms with Crippen LogP contribution in [0.3, 0.4) is 0 Å². The molecule has 4 aliphatic heterocycles. The van der Waals surface area contributed by atoms with Crippen LogP contribution in [-0.4, -0.2) is 148 Å². The molecule has 7 aromatic carbocycles. The zero-order valence-electron chi connectivity index (χ0n) is 74.8. The standard InChI is InChI=1S/C15H21F3.2C14H19F3N2O.C14H19F3.C13H14F3NO.C12H14F3NO2.C11H13F3O/c1-10(2)6-5-7-13-8-11(3)9-14(12(13)4)15(16,17)18;1-10-6-12(8-13(7-10)20-14(15,16)17)19(3)11-4-5-18(2)9-11;1-10-6-12(8-13(7-10)20-14(15,16)17)19-5-4-11(9-19)18(2)3;1-9(2)5-6-12-7-10(3)8-13(11(12)4)14(15,16)17;1-9-6-11(10-2-4-17-5-3-10)8-12(7-9)18-13(14,15)16;1-9-6-10(16-2-4-17-5-3-16)8-11(7-9)18-12(13,14)15;1-7(2)9-6-8(11(12,13)14)4-5-10(9)15-3/h8-10H,5-7H2,1-4H3;2*6-8,11H,4-5,9H2,1-3H3;7-9H,5-6H2,1-4H3;2,6-8,17H,3-5H2,1H3;6-8H,2-5H2,1H3;4-7H,1-3H3. The van der Waals surface area contributed by atoms with Gasteiger partial charge in [-0.2, -0.15) is 39.5 Å². The van der Waals surface area contributed by atoms with Crippen LogP contribution in [0.25, 0.3) is 5.57 Å². The lowest BCUT2D eigenvalue weighted by atomic mass is 9.93. The molecule has 0 bridgehead atoms. The fourth-order valence-corrected chi connectivity index (χ4v) is 14.5. The van der Waals surface area contributed by atoms with E-state index in [1.165, 1.54) is 73.8 Å². The van der Waals surface area contributed by atoms with E-state index in [4.69, 9.17) is 9.47 Å². The molecule has 11 rings (SSSR count). The number of aryl methyl sites for hydroxylation is 8. The third-order valence-corrected chi connectivity index (χ3v) is 20.8. The van der Waals surface area contributed by atoms with Crippen molar-refractivity contribution in [3.8, 4) is 28.7 Å². The first-order valence-electron chi connectivity index (χ1n) is 41.3. The van der Waals surface area contributed by atoms with Crippen LogP contribution in [0.2, 0.25) is 0 Å². The van der Waals surface area contributed by atoms with Crippen molar-refractivity contribution in [2.24, 2.45) is 11.8 Å². The smallest absolute Gasteiger partial charge is 0.496 e. The van der Waals surface area contributed by atoms with Gasteiger partial charge >= 0.3 is 44.0 Å². The van der Waals surface area contributed by atoms with Crippen LogP contribution in [0.4, 0.5) is 109 Å². The molecule has 12 nitrogen and oxygen atoms in total. The Morgan fingerprint density at radius 2 is 0.905 bits per heavy atom. The molecule has 3 saturated heterocycles. The Balaban J connectivity index is 0.000000261. The quantitative estimate of drug-likeness (QED) is 0.0783. The molecular weight excluding hydrogens is 1700 g/mol. The molecule has 2 atom stereocenters. The predicted octanol–water partition coefficient (Wildman–Crippen LogP) is 26.1. The van der Waals surface area contributed by atoms with Gasteiger partial charge in [0, 0.05) is 93.7 Å². The number of ether oxygens (including phenoxy) is 6. The molecule has 0 aromatic heterocycles. The minimum Gasteiger partial charge on any atom is -0.496 e. The van der Waals surface area contributed by atoms with Crippen LogP contribution in [-0.2, 0) is 36.1 Å². The summed E-state index contributed by atoms with van der Waals surface area (Å²) in [4.78, 5) is 10.5. The summed E-state index contributed by atoms with van der Waals surface area (Å²) >= 11 is 0. The number of hydrogen-bond donors (Lipinski definition) is 1. The molecule has 33 heteroatoms. The first-order valence-corrected chi connectivity index (χ1v) is 41.3. The molecule has 4 aliphatic rings. The van der Waals surface area contributed by atoms with Gasteiger partial charge in [-0.1, -0.05) is 83.4 Å². The lowest BCUT2D eigenvalue weighted by molar-refractivity contribution is -0.275. The van der Waals surface area contributed by atoms with Crippen molar-refractivity contribution in [2.45, 2.75) is 210 Å². The average Bonchev–Trinajstić information content (AvgIpc) is 0.962. The predicted molar refractivity (Wildman–Crippen MR) is 453 cm³/mol. The van der Waals surface area contributed by atoms with Gasteiger partial charge in [0.05, 0.1) is 37.0 Å². The van der Waals surface area contributed by atoms with Crippen molar-refractivity contribution in [2.75, 3.05) is 116 Å². The van der Waals surface area contributed by atoms with Gasteiger partial charge in [0.25, 0.3) is 0 Å². The van der Waals surface area contributed by atoms with E-state index in [1.807, 2.05) is 94.3 Å². The number of benzene rings is 7. The van der Waals surface area contributed by atoms with Crippen LogP contribution < -0.4 is 43.7 Å². The van der Waals surface area contributed by atoms with Crippen LogP contribution in [0.1, 0.15) is 169 Å². The highest BCUT2D eigenvalue weighted by Gasteiger charge is 2.39. The van der Waals surface area contributed by atoms with E-state index in [2.05, 4.69) is 66.7 Å². The van der Waals surface area contributed by atoms with E-state index in [0.29, 0.717) is 90.2 Å². The van der Waals surface area contributed by atoms with E-state index in [-0.39, 0.29) is 28.9 Å². The first kappa shape index (κ1) is 108. The molecule has 0 radical (unpaired) electrons. The number of nitrogens with zero attached hydrogens (tertiary/aromatic N) is 5. The van der Waals surface area contributed by atoms with Crippen LogP contribution in [0.5, 0.6) is 28.7 Å². The second kappa shape index (κ2) is 47.4. The Morgan fingerprint density at radius 1 is 0.460 bits per heavy atom. The van der Waals surface area contributed by atoms with E-state index < -0.39 is 60.7 Å². The van der Waals surface area contributed by atoms with E-state index in [9.17, 15) is 92.2 Å². The highest BCUT2D eigenvalue weighted by molar-refractivity contribution is 5.68. The normalized spacial score (nSPS) is 15.9. The molecule has 0 spiro atoms. The number of nitrogens with one attached hydrogen (secondary N) is 1. The molecule has 3 fully saturated rings. The van der Waals surface area contributed by atoms with Gasteiger partial charge in [-0.3, -0.25) is 0 Å². The van der Waals surface area contributed by atoms with Gasteiger partial charge in [0.1, 0.15) is 28.7 Å². The summed E-state index contributed by atoms with van der Waals surface area (Å²) in [5.41, 5.74) is 9.90. The molecule has 126 heavy (non-hydrogen) atoms. The fraction of sp³-hybridized carbons (Fsp3) is 0.527. The van der Waals surface area contributed by atoms with Crippen LogP contribution >= 0.6 is 0 Å². The highest BCUT2D eigenvalue weighted by Crippen LogP contribution is 2.41. The summed E-state index contributed by atoms with van der Waals surface area (Å²) in [5.74, 6) is 0.953. The Morgan fingerprint density at radius 3 is 1.32 bits per heavy atom. The number of likely N-dealkylation sites (N-methyl/N-ethyl adjacent to an activating group) is 3. The number of rotatable bonds is 19. The fourth-order valence-electron chi connectivity index (χ4n) is 14.5. The van der Waals surface area contributed by atoms with Crippen molar-refractivity contribution in [1.82, 2.24) is 15.1 Å². The van der Waals surface area contributed by atoms with E-state index >= 15 is 0 Å². The van der Waals surface area contributed by atoms with Gasteiger partial charge in [0.15, 0.2) is 0 Å². The second-order valence-corrected chi connectivity index (χ2v) is 33.2. The molecule has 0 saturated carbocycles. The Labute approximate surface area is 726 Å². The monoisotopic (exact) mass is 1810 g/mol. The van der Waals surface area contributed by atoms with Crippen molar-refractivity contribution in [3.63, 3.8) is 0 Å². The minimum atomic E-state index is -4.66. The number of likely N-dealkylation sites (tertiary alicyclic amines) is 1. The summed E-state index contributed by atoms with van der Waals surface area (Å²) in [5, 5.41) is 3.16. The van der Waals surface area contributed by atoms with Gasteiger partial charge in [-0.25, -0.2) is 0 Å². The lowest BCUT2D eigenvalue weighted by Gasteiger charge is -2.29. The molecule has 704 valence electrons. The van der Waals surface area contributed by atoms with Gasteiger partial charge < -0.3 is 58.2 Å². The van der Waals surface area contributed by atoms with Crippen LogP contribution in [0, 0.1) is 67.2 Å². The third kappa shape index (κ3) is 38.5. The molecular formula is C93H119F21N6O6. The number of hydrogen-bond acceptors (Lipinski definition) is 12. The van der Waals surface area contributed by atoms with Gasteiger partial charge in [-0.15, -0.1) is 52.7 Å². The van der Waals surface area contributed by atoms with Gasteiger partial charge in [-0.05, 0) is 292 Å². The molecule has 1 N–H and O–H groups in total. The van der Waals surface area contributed by atoms with Crippen LogP contribution in [0.15, 0.2) is 121 Å². The Bertz CT molecular complexity index is 4570. The lowest BCUT2D eigenvalue weighted by Crippen LogP contribution is -2.36. The number of halogens is 21. The SMILES string of the molecule is COc1ccc(C(F)(F)F)cc1C(C)C.Cc1cc(CCC(C)C)c(C)c(C(F)(F)F)c1.Cc1cc(CCCC(C)C)c(C)c(C(F)(F)F)c1.Cc1cc(OC(F)(F)F)cc(C2=CCNCC2)c1.Cc1cc(OC(F)(F)F)cc(N(C)C2CCN(C)C2)c1.Cc1cc(OC(F)(F)F)cc(N2CCC(N(C)C)C2)c1.Cc1cc(OC(F)(F)F)cc(N2CCOCC2)c1. The molecule has 0 amide bonds. The van der Waals surface area contributed by atoms with Crippen molar-refractivity contribution < 1.29 is 121 Å². The number of anilines is 3. The Kier molecular flexibility index (Phi) is 40.5. The summed E-state index contributed by atoms with van der Waals surface area (Å²) in [6.45, 7) is 33.4. The maximum atomic E-state index is 12.9. The van der Waals surface area contributed by atoms with E-state index in [0.717, 1.165) is 158 Å². The maximum Gasteiger partial charge on any atom is 0.573 e. The maximum absolute atomic E-state index is 12.9. The Hall–Kier alpha value is -8.95. The third-order valence-electron chi connectivity index (χ3n) is 20.8. The second-order valence-electron chi connectivity index (χ2n) is 33.2. The number of morpholine rings is 1. The van der Waals surface area contributed by atoms with Gasteiger partial charge in [0.2, 0.25) is 0 Å². The van der Waals surface area contributed by atoms with Crippen molar-refractivity contribution >= 4 is 22.6 Å². The summed E-state index contributed by atoms with van der Waals surface area (Å²) in [7, 11) is 9.44. The zero-order valence-corrected chi connectivity index (χ0v) is 74.8. The summed E-state index contributed by atoms with van der Waals surface area (Å²) in [6, 6.07) is 29.3. The number of methoxy groups -OCH3 is 1. The minimum absolute atomic E-state index is 0.00208. The average molecular weight is 1820 g/mol. The molecule has 2 unspecified atom stereocenters. The topological polar surface area (TPSA) is 83.6 Å². The van der Waals surface area contributed by atoms with Crippen molar-refractivity contribution in [3.05, 3.63) is 205 Å².